The molecule has 0 radical (unpaired) electrons. The number of nitrogens with one attached hydrogen (secondary N) is 1. The minimum atomic E-state index is -0.741. The Balaban J connectivity index is 0.00000108. The first-order valence-corrected chi connectivity index (χ1v) is 24.5. The number of halogens is 1. The standard InChI is InChI=1S/C47H69NO4S.C3H6.CH3F/c1-42(2)36(34-13-15-35(16-14-34)41(49)52-32-33-10-7-6-8-11-33)19-22-43(3)39(42)20-23-45(5)40(43)18-17-37-38-12-9-21-47(38,25-24-44(37,45)4)48-29-26-46(50)27-30-53(51)31-28-46;1-3-2;1-2/h6-8,10-11,13,19,35,37-40,48,50H,9,12,14-18,20-32H2,1-5H3;3H,1H2,2H3;1H3/t35?,37?,38-,39?,40?,43?,44-,45?,46?,47?,53?;;/m1../s1. The van der Waals surface area contributed by atoms with Crippen LogP contribution in [-0.2, 0) is 26.9 Å². The zero-order valence-corrected chi connectivity index (χ0v) is 38.1. The summed E-state index contributed by atoms with van der Waals surface area (Å²) in [6.07, 6.45) is 24.8. The summed E-state index contributed by atoms with van der Waals surface area (Å²) >= 11 is 0. The van der Waals surface area contributed by atoms with Crippen molar-refractivity contribution < 1.29 is 23.2 Å². The van der Waals surface area contributed by atoms with Crippen LogP contribution in [0.4, 0.5) is 4.39 Å². The average molecular weight is 820 g/mol. The average Bonchev–Trinajstić information content (AvgIpc) is 3.64. The summed E-state index contributed by atoms with van der Waals surface area (Å²) in [5.41, 5.74) is 4.85. The molecule has 7 heteroatoms. The summed E-state index contributed by atoms with van der Waals surface area (Å²) in [5.74, 6) is 4.16. The zero-order valence-electron chi connectivity index (χ0n) is 37.3. The zero-order chi connectivity index (χ0) is 42.0. The van der Waals surface area contributed by atoms with Crippen molar-refractivity contribution in [2.45, 2.75) is 162 Å². The Morgan fingerprint density at radius 1 is 0.897 bits per heavy atom. The van der Waals surface area contributed by atoms with Gasteiger partial charge in [0.2, 0.25) is 0 Å². The molecule has 58 heavy (non-hydrogen) atoms. The summed E-state index contributed by atoms with van der Waals surface area (Å²) in [5, 5.41) is 15.4. The maximum Gasteiger partial charge on any atom is 0.309 e. The third-order valence-electron chi connectivity index (χ3n) is 17.9. The molecule has 1 aromatic carbocycles. The second-order valence-corrected chi connectivity index (χ2v) is 22.5. The van der Waals surface area contributed by atoms with Crippen molar-refractivity contribution in [2.75, 3.05) is 25.2 Å². The van der Waals surface area contributed by atoms with E-state index >= 15 is 0 Å². The molecule has 4 saturated carbocycles. The highest BCUT2D eigenvalue weighted by atomic mass is 32.2. The maximum atomic E-state index is 13.0. The number of hydrogen-bond acceptors (Lipinski definition) is 5. The molecule has 0 spiro atoms. The molecule has 324 valence electrons. The van der Waals surface area contributed by atoms with E-state index in [-0.39, 0.29) is 22.8 Å². The molecule has 1 aliphatic heterocycles. The van der Waals surface area contributed by atoms with Gasteiger partial charge in [-0.05, 0) is 172 Å². The number of esters is 1. The van der Waals surface area contributed by atoms with Gasteiger partial charge in [0, 0.05) is 27.8 Å². The second kappa shape index (κ2) is 18.1. The van der Waals surface area contributed by atoms with Crippen molar-refractivity contribution in [3.63, 3.8) is 0 Å². The van der Waals surface area contributed by atoms with Gasteiger partial charge in [-0.2, -0.15) is 0 Å². The van der Waals surface area contributed by atoms with Crippen LogP contribution in [-0.4, -0.2) is 51.7 Å². The van der Waals surface area contributed by atoms with Crippen molar-refractivity contribution in [1.82, 2.24) is 5.32 Å². The first-order valence-electron chi connectivity index (χ1n) is 23.0. The molecule has 8 rings (SSSR count). The Kier molecular flexibility index (Phi) is 14.2. The second-order valence-electron chi connectivity index (χ2n) is 20.8. The predicted octanol–water partition coefficient (Wildman–Crippen LogP) is 11.6. The van der Waals surface area contributed by atoms with Crippen molar-refractivity contribution in [3.05, 3.63) is 71.8 Å². The molecule has 7 unspecified atom stereocenters. The van der Waals surface area contributed by atoms with Crippen molar-refractivity contribution in [2.24, 2.45) is 51.2 Å². The highest BCUT2D eigenvalue weighted by molar-refractivity contribution is 7.85. The maximum absolute atomic E-state index is 13.0. The number of carbonyl (C=O) groups is 1. The van der Waals surface area contributed by atoms with E-state index in [1.54, 1.807) is 11.6 Å². The molecule has 7 aliphatic rings. The smallest absolute Gasteiger partial charge is 0.309 e. The van der Waals surface area contributed by atoms with Gasteiger partial charge in [-0.25, -0.2) is 0 Å². The molecule has 0 bridgehead atoms. The van der Waals surface area contributed by atoms with E-state index in [1.807, 2.05) is 37.3 Å². The van der Waals surface area contributed by atoms with Crippen LogP contribution in [0.2, 0.25) is 0 Å². The quantitative estimate of drug-likeness (QED) is 0.202. The molecule has 2 N–H and O–H groups in total. The van der Waals surface area contributed by atoms with Crippen molar-refractivity contribution in [1.29, 1.82) is 0 Å². The van der Waals surface area contributed by atoms with Gasteiger partial charge in [0.15, 0.2) is 0 Å². The van der Waals surface area contributed by atoms with Crippen LogP contribution >= 0.6 is 0 Å². The number of hydrogen-bond donors (Lipinski definition) is 2. The summed E-state index contributed by atoms with van der Waals surface area (Å²) < 4.78 is 27.2. The van der Waals surface area contributed by atoms with Gasteiger partial charge < -0.3 is 15.2 Å². The van der Waals surface area contributed by atoms with Gasteiger partial charge in [-0.3, -0.25) is 13.4 Å². The molecule has 5 fully saturated rings. The van der Waals surface area contributed by atoms with Gasteiger partial charge in [-0.1, -0.05) is 89.6 Å². The van der Waals surface area contributed by atoms with E-state index in [0.717, 1.165) is 55.5 Å². The van der Waals surface area contributed by atoms with E-state index in [4.69, 9.17) is 4.74 Å². The third-order valence-corrected chi connectivity index (χ3v) is 19.2. The third kappa shape index (κ3) is 8.29. The van der Waals surface area contributed by atoms with Gasteiger partial charge in [0.25, 0.3) is 0 Å². The molecule has 1 aromatic rings. The number of alkyl halides is 1. The molecular weight excluding hydrogens is 742 g/mol. The molecule has 9 atom stereocenters. The number of carbonyl (C=O) groups excluding carboxylic acids is 1. The Hall–Kier alpha value is -2.09. The first-order chi connectivity index (χ1) is 27.6. The highest BCUT2D eigenvalue weighted by Crippen LogP contribution is 2.76. The SMILES string of the molecule is C=CC.CC1(C)C(C2=CCC(C(=O)OCc3ccccc3)CC2)=CCC2(C)C1CCC1(C)C2CCC2[C@H]3CCCC3(NCCC3(O)CCS(=O)CC3)CC[C@]21C.CF. The van der Waals surface area contributed by atoms with Crippen molar-refractivity contribution in [3.8, 4) is 0 Å². The predicted molar refractivity (Wildman–Crippen MR) is 238 cm³/mol. The fraction of sp³-hybridized carbons (Fsp3) is 0.745. The van der Waals surface area contributed by atoms with Crippen LogP contribution in [0.5, 0.6) is 0 Å². The van der Waals surface area contributed by atoms with Crippen LogP contribution in [0.1, 0.15) is 150 Å². The van der Waals surface area contributed by atoms with Gasteiger partial charge in [0.05, 0.1) is 18.7 Å². The van der Waals surface area contributed by atoms with E-state index in [2.05, 4.69) is 58.7 Å². The van der Waals surface area contributed by atoms with Gasteiger partial charge in [0.1, 0.15) is 6.61 Å². The lowest BCUT2D eigenvalue weighted by molar-refractivity contribution is -0.218. The van der Waals surface area contributed by atoms with E-state index < -0.39 is 16.4 Å². The summed E-state index contributed by atoms with van der Waals surface area (Å²) in [6.45, 7) is 19.8. The minimum Gasteiger partial charge on any atom is -0.461 e. The van der Waals surface area contributed by atoms with Gasteiger partial charge >= 0.3 is 5.97 Å². The molecule has 1 heterocycles. The summed E-state index contributed by atoms with van der Waals surface area (Å²) in [7, 11) is -0.241. The largest absolute Gasteiger partial charge is 0.461 e. The Morgan fingerprint density at radius 3 is 2.28 bits per heavy atom. The first kappa shape index (κ1) is 45.4. The van der Waals surface area contributed by atoms with Crippen molar-refractivity contribution >= 4 is 16.8 Å². The lowest BCUT2D eigenvalue weighted by Gasteiger charge is -2.72. The number of ether oxygens (including phenoxy) is 1. The van der Waals surface area contributed by atoms with E-state index in [1.165, 1.54) is 69.8 Å². The molecule has 5 nitrogen and oxygen atoms in total. The molecule has 6 aliphatic carbocycles. The number of aliphatic hydroxyl groups is 1. The molecule has 1 saturated heterocycles. The lowest BCUT2D eigenvalue weighted by Crippen LogP contribution is -2.67. The molecule has 0 amide bonds. The number of rotatable bonds is 8. The number of allylic oxidation sites excluding steroid dienone is 5. The van der Waals surface area contributed by atoms with E-state index in [0.29, 0.717) is 60.3 Å². The van der Waals surface area contributed by atoms with E-state index in [9.17, 15) is 18.5 Å². The Bertz CT molecular complexity index is 1680. The monoisotopic (exact) mass is 820 g/mol. The summed E-state index contributed by atoms with van der Waals surface area (Å²) in [6, 6.07) is 10.0. The number of fused-ring (bicyclic) bond motifs is 7. The van der Waals surface area contributed by atoms with Crippen LogP contribution in [0.3, 0.4) is 0 Å². The summed E-state index contributed by atoms with van der Waals surface area (Å²) in [4.78, 5) is 13.0. The molecule has 0 aromatic heterocycles. The minimum absolute atomic E-state index is 0.0353. The lowest BCUT2D eigenvalue weighted by atomic mass is 9.33. The van der Waals surface area contributed by atoms with Crippen LogP contribution in [0, 0.1) is 51.2 Å². The fourth-order valence-corrected chi connectivity index (χ4v) is 16.2. The van der Waals surface area contributed by atoms with Gasteiger partial charge in [-0.15, -0.1) is 6.58 Å². The Labute approximate surface area is 354 Å². The normalized spacial score (nSPS) is 41.2. The molecular formula is C51H78FNO4S. The highest BCUT2D eigenvalue weighted by Gasteiger charge is 2.69. The van der Waals surface area contributed by atoms with Crippen LogP contribution < -0.4 is 5.32 Å². The topological polar surface area (TPSA) is 75.6 Å². The van der Waals surface area contributed by atoms with Crippen LogP contribution in [0.15, 0.2) is 66.3 Å². The van der Waals surface area contributed by atoms with Crippen LogP contribution in [0.25, 0.3) is 0 Å². The number of benzene rings is 1. The fourth-order valence-electron chi connectivity index (χ4n) is 14.8. The Morgan fingerprint density at radius 2 is 1.60 bits per heavy atom.